The molecule has 2 aromatic carbocycles. The predicted octanol–water partition coefficient (Wildman–Crippen LogP) is 3.75. The monoisotopic (exact) mass is 434 g/mol. The number of nitrogens with one attached hydrogen (secondary N) is 2. The third kappa shape index (κ3) is 3.99. The van der Waals surface area contributed by atoms with Crippen LogP contribution in [0.4, 0.5) is 0 Å². The zero-order valence-corrected chi connectivity index (χ0v) is 18.4. The molecular weight excluding hydrogens is 404 g/mol. The summed E-state index contributed by atoms with van der Waals surface area (Å²) >= 11 is 0. The lowest BCUT2D eigenvalue weighted by Gasteiger charge is -2.41. The van der Waals surface area contributed by atoms with Gasteiger partial charge < -0.3 is 20.1 Å². The van der Waals surface area contributed by atoms with Crippen molar-refractivity contribution in [2.75, 3.05) is 13.7 Å². The number of amides is 2. The highest BCUT2D eigenvalue weighted by atomic mass is 16.5. The molecule has 0 radical (unpaired) electrons. The van der Waals surface area contributed by atoms with E-state index in [1.165, 1.54) is 0 Å². The van der Waals surface area contributed by atoms with Gasteiger partial charge in [-0.3, -0.25) is 9.59 Å². The highest BCUT2D eigenvalue weighted by Crippen LogP contribution is 2.44. The van der Waals surface area contributed by atoms with E-state index in [1.807, 2.05) is 48.5 Å². The van der Waals surface area contributed by atoms with Gasteiger partial charge in [-0.15, -0.1) is 0 Å². The van der Waals surface area contributed by atoms with Gasteiger partial charge in [-0.05, 0) is 50.2 Å². The zero-order chi connectivity index (χ0) is 22.1. The summed E-state index contributed by atoms with van der Waals surface area (Å²) in [4.78, 5) is 25.9. The second-order valence-electron chi connectivity index (χ2n) is 9.17. The van der Waals surface area contributed by atoms with E-state index >= 15 is 0 Å². The highest BCUT2D eigenvalue weighted by Gasteiger charge is 2.39. The third-order valence-electron chi connectivity index (χ3n) is 7.30. The van der Waals surface area contributed by atoms with Gasteiger partial charge in [-0.25, -0.2) is 0 Å². The van der Waals surface area contributed by atoms with Crippen LogP contribution in [0.3, 0.4) is 0 Å². The Morgan fingerprint density at radius 1 is 1.06 bits per heavy atom. The Balaban J connectivity index is 1.22. The SMILES string of the molecule is COC1CCC2CC(CCNC(=O)C3c4ccccc4Oc4ccccc43)C(=O)NC2C1. The van der Waals surface area contributed by atoms with Crippen molar-refractivity contribution in [3.05, 3.63) is 59.7 Å². The highest BCUT2D eigenvalue weighted by molar-refractivity contribution is 5.89. The van der Waals surface area contributed by atoms with Gasteiger partial charge in [0.2, 0.25) is 11.8 Å². The van der Waals surface area contributed by atoms with Crippen molar-refractivity contribution in [2.24, 2.45) is 11.8 Å². The molecule has 2 amide bonds. The first-order chi connectivity index (χ1) is 15.6. The molecule has 0 aromatic heterocycles. The van der Waals surface area contributed by atoms with Crippen molar-refractivity contribution in [3.8, 4) is 11.5 Å². The molecule has 2 aromatic rings. The van der Waals surface area contributed by atoms with Gasteiger partial charge in [0.05, 0.1) is 12.0 Å². The molecule has 2 fully saturated rings. The summed E-state index contributed by atoms with van der Waals surface area (Å²) in [6.07, 6.45) is 4.84. The molecule has 6 heteroatoms. The van der Waals surface area contributed by atoms with Crippen LogP contribution < -0.4 is 15.4 Å². The Bertz CT molecular complexity index is 961. The molecule has 1 saturated heterocycles. The molecule has 168 valence electrons. The minimum atomic E-state index is -0.412. The maximum absolute atomic E-state index is 13.3. The van der Waals surface area contributed by atoms with Crippen LogP contribution in [-0.4, -0.2) is 37.6 Å². The number of rotatable bonds is 5. The van der Waals surface area contributed by atoms with E-state index in [0.29, 0.717) is 18.9 Å². The van der Waals surface area contributed by atoms with Crippen LogP contribution in [0.1, 0.15) is 49.1 Å². The Morgan fingerprint density at radius 2 is 1.75 bits per heavy atom. The van der Waals surface area contributed by atoms with Crippen LogP contribution in [0.5, 0.6) is 11.5 Å². The van der Waals surface area contributed by atoms with E-state index in [-0.39, 0.29) is 29.9 Å². The van der Waals surface area contributed by atoms with Crippen LogP contribution in [0.25, 0.3) is 0 Å². The summed E-state index contributed by atoms with van der Waals surface area (Å²) in [5.74, 6) is 1.54. The van der Waals surface area contributed by atoms with Crippen molar-refractivity contribution in [1.82, 2.24) is 10.6 Å². The lowest BCUT2D eigenvalue weighted by Crippen LogP contribution is -2.53. The summed E-state index contributed by atoms with van der Waals surface area (Å²) in [7, 11) is 1.75. The number of carbonyl (C=O) groups is 2. The first-order valence-electron chi connectivity index (χ1n) is 11.6. The fourth-order valence-corrected chi connectivity index (χ4v) is 5.55. The van der Waals surface area contributed by atoms with Gasteiger partial charge in [-0.2, -0.15) is 0 Å². The topological polar surface area (TPSA) is 76.7 Å². The number of hydrogen-bond donors (Lipinski definition) is 2. The third-order valence-corrected chi connectivity index (χ3v) is 7.30. The second-order valence-corrected chi connectivity index (χ2v) is 9.17. The predicted molar refractivity (Wildman–Crippen MR) is 121 cm³/mol. The average molecular weight is 435 g/mol. The summed E-state index contributed by atoms with van der Waals surface area (Å²) in [5, 5.41) is 6.31. The Morgan fingerprint density at radius 3 is 2.44 bits per heavy atom. The quantitative estimate of drug-likeness (QED) is 0.752. The molecule has 0 bridgehead atoms. The molecule has 2 N–H and O–H groups in total. The van der Waals surface area contributed by atoms with Crippen LogP contribution in [0.15, 0.2) is 48.5 Å². The molecule has 2 heterocycles. The largest absolute Gasteiger partial charge is 0.457 e. The van der Waals surface area contributed by atoms with E-state index in [2.05, 4.69) is 10.6 Å². The molecule has 4 atom stereocenters. The molecule has 1 saturated carbocycles. The molecule has 0 spiro atoms. The normalized spacial score (nSPS) is 26.7. The number of para-hydroxylation sites is 2. The maximum Gasteiger partial charge on any atom is 0.232 e. The summed E-state index contributed by atoms with van der Waals surface area (Å²) < 4.78 is 11.5. The lowest BCUT2D eigenvalue weighted by molar-refractivity contribution is -0.131. The van der Waals surface area contributed by atoms with Crippen molar-refractivity contribution in [1.29, 1.82) is 0 Å². The van der Waals surface area contributed by atoms with Crippen LogP contribution in [0, 0.1) is 11.8 Å². The number of hydrogen-bond acceptors (Lipinski definition) is 4. The first kappa shape index (κ1) is 21.0. The van der Waals surface area contributed by atoms with Gasteiger partial charge in [0.1, 0.15) is 11.5 Å². The zero-order valence-electron chi connectivity index (χ0n) is 18.4. The Hall–Kier alpha value is -2.86. The van der Waals surface area contributed by atoms with Crippen LogP contribution in [-0.2, 0) is 14.3 Å². The van der Waals surface area contributed by atoms with Gasteiger partial charge in [0.15, 0.2) is 0 Å². The molecule has 6 nitrogen and oxygen atoms in total. The maximum atomic E-state index is 13.3. The number of fused-ring (bicyclic) bond motifs is 3. The standard InChI is InChI=1S/C26H30N2O4/c1-31-18-11-10-16-14-17(25(29)28-21(16)15-18)12-13-27-26(30)24-19-6-2-4-8-22(19)32-23-9-5-3-7-20(23)24/h2-9,16-18,21,24H,10-15H2,1H3,(H,27,30)(H,28,29). The molecule has 2 aliphatic heterocycles. The van der Waals surface area contributed by atoms with Crippen molar-refractivity contribution < 1.29 is 19.1 Å². The minimum Gasteiger partial charge on any atom is -0.457 e. The van der Waals surface area contributed by atoms with E-state index in [1.54, 1.807) is 7.11 Å². The van der Waals surface area contributed by atoms with Crippen LogP contribution in [0.2, 0.25) is 0 Å². The molecule has 4 unspecified atom stereocenters. The fourth-order valence-electron chi connectivity index (χ4n) is 5.55. The van der Waals surface area contributed by atoms with Crippen molar-refractivity contribution in [3.63, 3.8) is 0 Å². The summed E-state index contributed by atoms with van der Waals surface area (Å²) in [6, 6.07) is 15.6. The first-order valence-corrected chi connectivity index (χ1v) is 11.6. The van der Waals surface area contributed by atoms with Gasteiger partial charge in [0, 0.05) is 36.7 Å². The van der Waals surface area contributed by atoms with Crippen LogP contribution >= 0.6 is 0 Å². The Kier molecular flexibility index (Phi) is 5.87. The molecule has 32 heavy (non-hydrogen) atoms. The van der Waals surface area contributed by atoms with Crippen molar-refractivity contribution >= 4 is 11.8 Å². The summed E-state index contributed by atoms with van der Waals surface area (Å²) in [6.45, 7) is 0.483. The number of ether oxygens (including phenoxy) is 2. The van der Waals surface area contributed by atoms with Gasteiger partial charge in [-0.1, -0.05) is 36.4 Å². The molecule has 5 rings (SSSR count). The molecule has 3 aliphatic rings. The van der Waals surface area contributed by atoms with Gasteiger partial charge in [0.25, 0.3) is 0 Å². The van der Waals surface area contributed by atoms with Crippen molar-refractivity contribution in [2.45, 2.75) is 50.2 Å². The van der Waals surface area contributed by atoms with E-state index in [9.17, 15) is 9.59 Å². The smallest absolute Gasteiger partial charge is 0.232 e. The molecular formula is C26H30N2O4. The number of piperidine rings is 1. The fraction of sp³-hybridized carbons (Fsp3) is 0.462. The average Bonchev–Trinajstić information content (AvgIpc) is 2.82. The Labute approximate surface area is 188 Å². The number of carbonyl (C=O) groups excluding carboxylic acids is 2. The number of methoxy groups -OCH3 is 1. The minimum absolute atomic E-state index is 0.0510. The van der Waals surface area contributed by atoms with E-state index < -0.39 is 5.92 Å². The second kappa shape index (κ2) is 8.94. The molecule has 1 aliphatic carbocycles. The lowest BCUT2D eigenvalue weighted by atomic mass is 9.74. The van der Waals surface area contributed by atoms with E-state index in [4.69, 9.17) is 9.47 Å². The number of benzene rings is 2. The van der Waals surface area contributed by atoms with E-state index in [0.717, 1.165) is 48.3 Å². The van der Waals surface area contributed by atoms with Gasteiger partial charge >= 0.3 is 0 Å². The summed E-state index contributed by atoms with van der Waals surface area (Å²) in [5.41, 5.74) is 1.74.